The molecule has 1 saturated heterocycles. The number of benzene rings is 2. The fraction of sp³-hybridized carbons (Fsp3) is 0.370. The summed E-state index contributed by atoms with van der Waals surface area (Å²) in [4.78, 5) is 38.4. The first-order valence-corrected chi connectivity index (χ1v) is 13.5. The summed E-state index contributed by atoms with van der Waals surface area (Å²) in [5, 5.41) is 17.1. The van der Waals surface area contributed by atoms with E-state index in [0.29, 0.717) is 42.4 Å². The number of piperidine rings is 1. The molecule has 3 amide bonds. The number of carbonyl (C=O) groups excluding carboxylic acids is 3. The van der Waals surface area contributed by atoms with Crippen molar-refractivity contribution < 1.29 is 33.4 Å². The molecule has 2 heterocycles. The van der Waals surface area contributed by atoms with Crippen LogP contribution in [0.25, 0.3) is 11.0 Å². The first-order chi connectivity index (χ1) is 19.2. The largest absolute Gasteiger partial charge is 0.491 e. The van der Waals surface area contributed by atoms with Crippen LogP contribution in [0.3, 0.4) is 0 Å². The van der Waals surface area contributed by atoms with E-state index >= 15 is 0 Å². The van der Waals surface area contributed by atoms with Gasteiger partial charge in [0.15, 0.2) is 5.76 Å². The molecular formula is C27H30Cl2N4O7. The third kappa shape index (κ3) is 7.16. The van der Waals surface area contributed by atoms with Crippen LogP contribution in [0.2, 0.25) is 10.0 Å². The fourth-order valence-corrected chi connectivity index (χ4v) is 4.90. The van der Waals surface area contributed by atoms with E-state index in [0.717, 1.165) is 12.8 Å². The van der Waals surface area contributed by atoms with Gasteiger partial charge in [-0.1, -0.05) is 23.2 Å². The summed E-state index contributed by atoms with van der Waals surface area (Å²) in [6, 6.07) is 8.49. The molecule has 13 heteroatoms. The number of nitrogens with two attached hydrogens (primary N) is 1. The molecule has 0 radical (unpaired) electrons. The third-order valence-corrected chi connectivity index (χ3v) is 6.94. The number of ketones is 1. The quantitative estimate of drug-likeness (QED) is 0.252. The number of urea groups is 1. The van der Waals surface area contributed by atoms with E-state index in [1.54, 1.807) is 30.0 Å². The van der Waals surface area contributed by atoms with Crippen molar-refractivity contribution in [2.45, 2.75) is 31.9 Å². The first-order valence-electron chi connectivity index (χ1n) is 12.7. The van der Waals surface area contributed by atoms with Gasteiger partial charge in [-0.3, -0.25) is 4.79 Å². The molecule has 0 bridgehead atoms. The van der Waals surface area contributed by atoms with Gasteiger partial charge >= 0.3 is 12.1 Å². The molecule has 3 aromatic rings. The van der Waals surface area contributed by atoms with Gasteiger partial charge in [-0.2, -0.15) is 0 Å². The Morgan fingerprint density at radius 1 is 1.18 bits per heavy atom. The number of rotatable bonds is 10. The Labute approximate surface area is 240 Å². The number of carbonyl (C=O) groups is 3. The summed E-state index contributed by atoms with van der Waals surface area (Å²) in [5.41, 5.74) is 5.83. The molecule has 0 aliphatic carbocycles. The van der Waals surface area contributed by atoms with E-state index in [9.17, 15) is 19.5 Å². The molecule has 0 saturated carbocycles. The number of hydrogen-bond donors (Lipinski definition) is 4. The molecule has 1 fully saturated rings. The Morgan fingerprint density at radius 3 is 2.60 bits per heavy atom. The summed E-state index contributed by atoms with van der Waals surface area (Å²) >= 11 is 12.1. The Morgan fingerprint density at radius 2 is 1.93 bits per heavy atom. The second-order valence-corrected chi connectivity index (χ2v) is 10.1. The lowest BCUT2D eigenvalue weighted by molar-refractivity contribution is 0.0860. The maximum atomic E-state index is 13.2. The average molecular weight is 593 g/mol. The summed E-state index contributed by atoms with van der Waals surface area (Å²) in [5.74, 6) is -0.343. The predicted molar refractivity (Wildman–Crippen MR) is 150 cm³/mol. The summed E-state index contributed by atoms with van der Waals surface area (Å²) < 4.78 is 16.6. The Balaban J connectivity index is 1.38. The highest BCUT2D eigenvalue weighted by molar-refractivity contribution is 6.37. The number of hydrogen-bond acceptors (Lipinski definition) is 8. The topological polar surface area (TPSA) is 156 Å². The molecule has 1 aliphatic rings. The lowest BCUT2D eigenvalue weighted by atomic mass is 10.1. The van der Waals surface area contributed by atoms with Crippen molar-refractivity contribution >= 4 is 57.8 Å². The molecule has 0 unspecified atom stereocenters. The Hall–Kier alpha value is -3.51. The number of nitrogens with one attached hydrogen (secondary N) is 2. The minimum Gasteiger partial charge on any atom is -0.491 e. The van der Waals surface area contributed by atoms with Crippen molar-refractivity contribution in [1.29, 1.82) is 0 Å². The van der Waals surface area contributed by atoms with Crippen molar-refractivity contribution in [3.63, 3.8) is 0 Å². The normalized spacial score (nSPS) is 14.7. The van der Waals surface area contributed by atoms with Gasteiger partial charge in [-0.15, -0.1) is 0 Å². The molecule has 1 aliphatic heterocycles. The Kier molecular flexibility index (Phi) is 9.75. The van der Waals surface area contributed by atoms with Crippen molar-refractivity contribution in [3.8, 4) is 5.75 Å². The number of furan rings is 1. The highest BCUT2D eigenvalue weighted by Crippen LogP contribution is 2.36. The molecule has 1 atom stereocenters. The van der Waals surface area contributed by atoms with Crippen molar-refractivity contribution in [2.24, 2.45) is 5.73 Å². The first kappa shape index (κ1) is 29.5. The number of aliphatic hydroxyl groups is 1. The van der Waals surface area contributed by atoms with E-state index in [4.69, 9.17) is 42.8 Å². The zero-order valence-electron chi connectivity index (χ0n) is 21.7. The molecule has 2 aromatic carbocycles. The highest BCUT2D eigenvalue weighted by atomic mass is 35.5. The second kappa shape index (κ2) is 13.2. The summed E-state index contributed by atoms with van der Waals surface area (Å²) in [6.45, 7) is 3.61. The van der Waals surface area contributed by atoms with Crippen molar-refractivity contribution in [3.05, 3.63) is 57.8 Å². The van der Waals surface area contributed by atoms with Crippen molar-refractivity contribution in [2.75, 3.05) is 38.2 Å². The van der Waals surface area contributed by atoms with Gasteiger partial charge < -0.3 is 40.3 Å². The van der Waals surface area contributed by atoms with Gasteiger partial charge in [-0.25, -0.2) is 9.59 Å². The third-order valence-electron chi connectivity index (χ3n) is 6.40. The maximum absolute atomic E-state index is 13.2. The molecular weight excluding hydrogens is 563 g/mol. The van der Waals surface area contributed by atoms with Gasteiger partial charge in [0.2, 0.25) is 5.78 Å². The number of halogens is 2. The molecule has 4 rings (SSSR count). The van der Waals surface area contributed by atoms with Gasteiger partial charge in [0.25, 0.3) is 0 Å². The van der Waals surface area contributed by atoms with Crippen LogP contribution in [0.1, 0.15) is 35.9 Å². The molecule has 5 N–H and O–H groups in total. The van der Waals surface area contributed by atoms with E-state index in [2.05, 4.69) is 10.6 Å². The summed E-state index contributed by atoms with van der Waals surface area (Å²) in [7, 11) is 0. The van der Waals surface area contributed by atoms with Crippen LogP contribution >= 0.6 is 23.2 Å². The van der Waals surface area contributed by atoms with E-state index in [-0.39, 0.29) is 46.4 Å². The monoisotopic (exact) mass is 592 g/mol. The number of fused-ring (bicyclic) bond motifs is 1. The van der Waals surface area contributed by atoms with E-state index in [1.807, 2.05) is 0 Å². The van der Waals surface area contributed by atoms with Gasteiger partial charge in [0, 0.05) is 47.7 Å². The summed E-state index contributed by atoms with van der Waals surface area (Å²) in [6.07, 6.45) is 0.411. The maximum Gasteiger partial charge on any atom is 0.409 e. The zero-order valence-corrected chi connectivity index (χ0v) is 23.3. The average Bonchev–Trinajstić information content (AvgIpc) is 3.27. The molecule has 0 spiro atoms. The van der Waals surface area contributed by atoms with E-state index in [1.165, 1.54) is 18.2 Å². The van der Waals surface area contributed by atoms with Crippen LogP contribution in [0.15, 0.2) is 40.8 Å². The lowest BCUT2D eigenvalue weighted by Crippen LogP contribution is -2.47. The fourth-order valence-electron chi connectivity index (χ4n) is 4.40. The smallest absolute Gasteiger partial charge is 0.409 e. The number of aliphatic hydroxyl groups excluding tert-OH is 1. The second-order valence-electron chi connectivity index (χ2n) is 9.24. The van der Waals surface area contributed by atoms with Crippen LogP contribution in [0, 0.1) is 0 Å². The zero-order chi connectivity index (χ0) is 28.8. The number of likely N-dealkylation sites (tertiary alicyclic amines) is 1. The van der Waals surface area contributed by atoms with Crippen LogP contribution in [0.4, 0.5) is 15.3 Å². The van der Waals surface area contributed by atoms with Crippen molar-refractivity contribution in [1.82, 2.24) is 10.2 Å². The SMILES string of the molecule is CCOC(=O)N1CCC(NC[C@H](O)COc2ccc3c(NC(N)=O)c(C(=O)c4ccc(Cl)cc4Cl)oc3c2)CC1. The number of anilines is 1. The predicted octanol–water partition coefficient (Wildman–Crippen LogP) is 4.41. The number of primary amides is 1. The molecule has 1 aromatic heterocycles. The van der Waals surface area contributed by atoms with Gasteiger partial charge in [0.05, 0.1) is 11.6 Å². The van der Waals surface area contributed by atoms with Crippen LogP contribution in [-0.2, 0) is 4.74 Å². The van der Waals surface area contributed by atoms with Gasteiger partial charge in [-0.05, 0) is 50.1 Å². The van der Waals surface area contributed by atoms with Gasteiger partial charge in [0.1, 0.15) is 29.7 Å². The number of amides is 3. The molecule has 40 heavy (non-hydrogen) atoms. The standard InChI is InChI=1S/C27H30Cl2N4O7/c1-2-38-27(37)33-9-7-16(8-10-33)31-13-17(34)14-39-18-4-6-20-22(12-18)40-25(23(20)32-26(30)36)24(35)19-5-3-15(28)11-21(19)29/h3-6,11-12,16-17,31,34H,2,7-10,13-14H2,1H3,(H3,30,32,36)/t17-/m0/s1. The minimum absolute atomic E-state index is 0.000546. The Bertz CT molecular complexity index is 1390. The van der Waals surface area contributed by atoms with Crippen LogP contribution < -0.4 is 21.1 Å². The molecule has 214 valence electrons. The minimum atomic E-state index is -0.874. The lowest BCUT2D eigenvalue weighted by Gasteiger charge is -2.32. The number of ether oxygens (including phenoxy) is 2. The van der Waals surface area contributed by atoms with E-state index < -0.39 is 17.9 Å². The molecule has 11 nitrogen and oxygen atoms in total. The van der Waals surface area contributed by atoms with Crippen LogP contribution in [0.5, 0.6) is 5.75 Å². The number of nitrogens with zero attached hydrogens (tertiary/aromatic N) is 1. The highest BCUT2D eigenvalue weighted by Gasteiger charge is 2.26. The van der Waals surface area contributed by atoms with Crippen LogP contribution in [-0.4, -0.2) is 72.9 Å².